The van der Waals surface area contributed by atoms with Crippen molar-refractivity contribution in [1.82, 2.24) is 5.43 Å². The molecule has 2 aliphatic heterocycles. The molecule has 10 heavy (non-hydrogen) atoms. The van der Waals surface area contributed by atoms with Crippen molar-refractivity contribution < 1.29 is 4.84 Å². The Morgan fingerprint density at radius 2 is 2.60 bits per heavy atom. The third-order valence-corrected chi connectivity index (χ3v) is 1.78. The van der Waals surface area contributed by atoms with Gasteiger partial charge in [0.15, 0.2) is 0 Å². The first-order valence-corrected chi connectivity index (χ1v) is 3.35. The van der Waals surface area contributed by atoms with E-state index in [0.29, 0.717) is 12.5 Å². The molecule has 1 unspecified atom stereocenters. The first-order chi connectivity index (χ1) is 4.88. The summed E-state index contributed by atoms with van der Waals surface area (Å²) in [6, 6.07) is 0. The average Bonchev–Trinajstić information content (AvgIpc) is 2.36. The van der Waals surface area contributed by atoms with Gasteiger partial charge in [-0.2, -0.15) is 5.10 Å². The van der Waals surface area contributed by atoms with Crippen LogP contribution in [-0.2, 0) is 4.84 Å². The van der Waals surface area contributed by atoms with Crippen molar-refractivity contribution >= 4 is 11.4 Å². The predicted molar refractivity (Wildman–Crippen MR) is 38.0 cm³/mol. The maximum absolute atomic E-state index is 4.93. The van der Waals surface area contributed by atoms with E-state index in [4.69, 9.17) is 4.84 Å². The van der Waals surface area contributed by atoms with Crippen molar-refractivity contribution in [1.29, 1.82) is 0 Å². The van der Waals surface area contributed by atoms with Crippen LogP contribution in [0.1, 0.15) is 6.92 Å². The summed E-state index contributed by atoms with van der Waals surface area (Å²) in [5.74, 6) is 0.428. The maximum atomic E-state index is 4.93. The molecule has 2 heterocycles. The highest BCUT2D eigenvalue weighted by Gasteiger charge is 2.27. The van der Waals surface area contributed by atoms with Gasteiger partial charge in [0, 0.05) is 6.54 Å². The standard InChI is InChI=1S/C6H9N3O/c1-4-6-5(2-7-8-4)3-10-9-6/h5,7H,2-3H2,1H3. The zero-order valence-electron chi connectivity index (χ0n) is 5.79. The van der Waals surface area contributed by atoms with Gasteiger partial charge in [-0.3, -0.25) is 0 Å². The Bertz CT molecular complexity index is 209. The minimum Gasteiger partial charge on any atom is -0.395 e. The van der Waals surface area contributed by atoms with E-state index in [1.165, 1.54) is 0 Å². The number of hydrazone groups is 1. The van der Waals surface area contributed by atoms with E-state index in [0.717, 1.165) is 18.0 Å². The molecule has 0 radical (unpaired) electrons. The molecule has 0 bridgehead atoms. The highest BCUT2D eigenvalue weighted by atomic mass is 16.6. The second-order valence-corrected chi connectivity index (χ2v) is 2.53. The van der Waals surface area contributed by atoms with Gasteiger partial charge in [-0.05, 0) is 6.92 Å². The minimum atomic E-state index is 0.428. The molecular formula is C6H9N3O. The van der Waals surface area contributed by atoms with E-state index in [2.05, 4.69) is 15.7 Å². The summed E-state index contributed by atoms with van der Waals surface area (Å²) in [7, 11) is 0. The molecule has 0 spiro atoms. The molecular weight excluding hydrogens is 130 g/mol. The number of oxime groups is 1. The van der Waals surface area contributed by atoms with E-state index >= 15 is 0 Å². The van der Waals surface area contributed by atoms with Gasteiger partial charge in [0.2, 0.25) is 0 Å². The molecule has 0 amide bonds. The van der Waals surface area contributed by atoms with Crippen LogP contribution in [0.4, 0.5) is 0 Å². The van der Waals surface area contributed by atoms with E-state index in [1.807, 2.05) is 6.92 Å². The van der Waals surface area contributed by atoms with E-state index < -0.39 is 0 Å². The summed E-state index contributed by atoms with van der Waals surface area (Å²) < 4.78 is 0. The van der Waals surface area contributed by atoms with Gasteiger partial charge in [0.1, 0.15) is 12.3 Å². The largest absolute Gasteiger partial charge is 0.395 e. The molecule has 0 aromatic rings. The first kappa shape index (κ1) is 5.70. The fraction of sp³-hybridized carbons (Fsp3) is 0.667. The normalized spacial score (nSPS) is 29.5. The summed E-state index contributed by atoms with van der Waals surface area (Å²) in [6.45, 7) is 3.50. The van der Waals surface area contributed by atoms with Gasteiger partial charge in [0.25, 0.3) is 0 Å². The molecule has 54 valence electrons. The summed E-state index contributed by atoms with van der Waals surface area (Å²) in [5, 5.41) is 7.91. The number of nitrogens with one attached hydrogen (secondary N) is 1. The van der Waals surface area contributed by atoms with Crippen LogP contribution in [0.25, 0.3) is 0 Å². The van der Waals surface area contributed by atoms with E-state index in [9.17, 15) is 0 Å². The Hall–Kier alpha value is -1.06. The lowest BCUT2D eigenvalue weighted by molar-refractivity contribution is 0.154. The number of nitrogens with zero attached hydrogens (tertiary/aromatic N) is 2. The van der Waals surface area contributed by atoms with Gasteiger partial charge in [0.05, 0.1) is 11.6 Å². The highest BCUT2D eigenvalue weighted by molar-refractivity contribution is 6.42. The summed E-state index contributed by atoms with van der Waals surface area (Å²) in [5.41, 5.74) is 4.90. The Morgan fingerprint density at radius 3 is 3.40 bits per heavy atom. The third-order valence-electron chi connectivity index (χ3n) is 1.78. The van der Waals surface area contributed by atoms with E-state index in [1.54, 1.807) is 0 Å². The second-order valence-electron chi connectivity index (χ2n) is 2.53. The Balaban J connectivity index is 2.30. The molecule has 4 heteroatoms. The van der Waals surface area contributed by atoms with Crippen LogP contribution in [0.5, 0.6) is 0 Å². The Morgan fingerprint density at radius 1 is 1.70 bits per heavy atom. The van der Waals surface area contributed by atoms with Gasteiger partial charge >= 0.3 is 0 Å². The Kier molecular flexibility index (Phi) is 1.12. The molecule has 0 aromatic carbocycles. The quantitative estimate of drug-likeness (QED) is 0.512. The topological polar surface area (TPSA) is 46.0 Å². The van der Waals surface area contributed by atoms with Crippen LogP contribution in [-0.4, -0.2) is 24.6 Å². The lowest BCUT2D eigenvalue weighted by Gasteiger charge is -2.14. The molecule has 0 saturated heterocycles. The average molecular weight is 139 g/mol. The highest BCUT2D eigenvalue weighted by Crippen LogP contribution is 2.12. The van der Waals surface area contributed by atoms with Crippen LogP contribution >= 0.6 is 0 Å². The molecule has 0 saturated carbocycles. The number of hydrogen-bond acceptors (Lipinski definition) is 4. The third kappa shape index (κ3) is 0.683. The lowest BCUT2D eigenvalue weighted by Crippen LogP contribution is -2.35. The molecule has 1 N–H and O–H groups in total. The van der Waals surface area contributed by atoms with Crippen molar-refractivity contribution in [3.63, 3.8) is 0 Å². The molecule has 0 aromatic heterocycles. The second kappa shape index (κ2) is 1.97. The summed E-state index contributed by atoms with van der Waals surface area (Å²) >= 11 is 0. The van der Waals surface area contributed by atoms with Crippen LogP contribution in [0, 0.1) is 5.92 Å². The van der Waals surface area contributed by atoms with Crippen LogP contribution < -0.4 is 5.43 Å². The molecule has 0 fully saturated rings. The van der Waals surface area contributed by atoms with Gasteiger partial charge in [-0.1, -0.05) is 5.16 Å². The van der Waals surface area contributed by atoms with Gasteiger partial charge < -0.3 is 10.3 Å². The maximum Gasteiger partial charge on any atom is 0.127 e. The van der Waals surface area contributed by atoms with Crippen LogP contribution in [0.2, 0.25) is 0 Å². The first-order valence-electron chi connectivity index (χ1n) is 3.35. The van der Waals surface area contributed by atoms with Crippen molar-refractivity contribution in [3.05, 3.63) is 0 Å². The Labute approximate surface area is 58.9 Å². The monoisotopic (exact) mass is 139 g/mol. The molecule has 0 aliphatic carbocycles. The summed E-state index contributed by atoms with van der Waals surface area (Å²) in [6.07, 6.45) is 0. The van der Waals surface area contributed by atoms with Crippen molar-refractivity contribution in [2.24, 2.45) is 16.2 Å². The molecule has 2 aliphatic rings. The van der Waals surface area contributed by atoms with Crippen LogP contribution in [0.15, 0.2) is 10.3 Å². The number of rotatable bonds is 0. The molecule has 2 rings (SSSR count). The van der Waals surface area contributed by atoms with Crippen molar-refractivity contribution in [2.45, 2.75) is 6.92 Å². The fourth-order valence-corrected chi connectivity index (χ4v) is 1.20. The summed E-state index contributed by atoms with van der Waals surface area (Å²) in [4.78, 5) is 4.93. The van der Waals surface area contributed by atoms with Crippen molar-refractivity contribution in [3.8, 4) is 0 Å². The zero-order valence-corrected chi connectivity index (χ0v) is 5.79. The van der Waals surface area contributed by atoms with Gasteiger partial charge in [-0.15, -0.1) is 0 Å². The van der Waals surface area contributed by atoms with E-state index in [-0.39, 0.29) is 0 Å². The smallest absolute Gasteiger partial charge is 0.127 e. The molecule has 4 nitrogen and oxygen atoms in total. The number of hydrogen-bond donors (Lipinski definition) is 1. The number of fused-ring (bicyclic) bond motifs is 1. The minimum absolute atomic E-state index is 0.428. The zero-order chi connectivity index (χ0) is 6.97. The van der Waals surface area contributed by atoms with Crippen molar-refractivity contribution in [2.75, 3.05) is 13.2 Å². The predicted octanol–water partition coefficient (Wildman–Crippen LogP) is -0.0321. The SMILES string of the molecule is CC1=NNCC2CON=C12. The molecule has 1 atom stereocenters. The fourth-order valence-electron chi connectivity index (χ4n) is 1.20. The van der Waals surface area contributed by atoms with Gasteiger partial charge in [-0.25, -0.2) is 0 Å². The van der Waals surface area contributed by atoms with Crippen LogP contribution in [0.3, 0.4) is 0 Å². The lowest BCUT2D eigenvalue weighted by atomic mass is 10.0.